The fraction of sp³-hybridized carbons (Fsp3) is 0.444. The zero-order valence-electron chi connectivity index (χ0n) is 12.9. The Labute approximate surface area is 132 Å². The van der Waals surface area contributed by atoms with Crippen LogP contribution in [0.5, 0.6) is 0 Å². The first-order valence-electron chi connectivity index (χ1n) is 7.77. The molecule has 1 aromatic heterocycles. The van der Waals surface area contributed by atoms with Gasteiger partial charge in [0.15, 0.2) is 0 Å². The smallest absolute Gasteiger partial charge is 0.0977 e. The van der Waals surface area contributed by atoms with Gasteiger partial charge < -0.3 is 10.1 Å². The van der Waals surface area contributed by atoms with E-state index in [2.05, 4.69) is 67.0 Å². The molecular formula is C18H25NOS. The molecule has 0 saturated carbocycles. The van der Waals surface area contributed by atoms with Crippen molar-refractivity contribution in [1.82, 2.24) is 5.32 Å². The van der Waals surface area contributed by atoms with Gasteiger partial charge >= 0.3 is 0 Å². The van der Waals surface area contributed by atoms with Crippen LogP contribution < -0.4 is 5.32 Å². The Morgan fingerprint density at radius 2 is 1.90 bits per heavy atom. The Balaban J connectivity index is 2.08. The number of thiophene rings is 1. The quantitative estimate of drug-likeness (QED) is 0.739. The highest BCUT2D eigenvalue weighted by molar-refractivity contribution is 7.09. The maximum absolute atomic E-state index is 6.05. The minimum absolute atomic E-state index is 0.121. The van der Waals surface area contributed by atoms with Gasteiger partial charge in [-0.1, -0.05) is 43.3 Å². The largest absolute Gasteiger partial charge is 0.372 e. The Morgan fingerprint density at radius 3 is 2.52 bits per heavy atom. The van der Waals surface area contributed by atoms with Gasteiger partial charge in [0.1, 0.15) is 0 Å². The second kappa shape index (κ2) is 8.98. The molecule has 2 nitrogen and oxygen atoms in total. The zero-order valence-corrected chi connectivity index (χ0v) is 13.7. The summed E-state index contributed by atoms with van der Waals surface area (Å²) in [5.41, 5.74) is 1.26. The summed E-state index contributed by atoms with van der Waals surface area (Å²) in [5, 5.41) is 5.76. The number of rotatable bonds is 9. The van der Waals surface area contributed by atoms with Crippen molar-refractivity contribution in [1.29, 1.82) is 0 Å². The summed E-state index contributed by atoms with van der Waals surface area (Å²) in [4.78, 5) is 1.45. The van der Waals surface area contributed by atoms with E-state index in [4.69, 9.17) is 4.74 Å². The zero-order chi connectivity index (χ0) is 14.9. The fourth-order valence-electron chi connectivity index (χ4n) is 2.64. The predicted octanol–water partition coefficient (Wildman–Crippen LogP) is 4.44. The highest BCUT2D eigenvalue weighted by Gasteiger charge is 2.22. The van der Waals surface area contributed by atoms with E-state index in [0.29, 0.717) is 6.04 Å². The molecule has 3 heteroatoms. The number of hydrogen-bond acceptors (Lipinski definition) is 3. The van der Waals surface area contributed by atoms with Gasteiger partial charge in [0.2, 0.25) is 0 Å². The summed E-state index contributed by atoms with van der Waals surface area (Å²) in [6.07, 6.45) is 2.32. The highest BCUT2D eigenvalue weighted by Crippen LogP contribution is 2.25. The molecule has 2 unspecified atom stereocenters. The number of aryl methyl sites for hydroxylation is 1. The van der Waals surface area contributed by atoms with Crippen molar-refractivity contribution in [3.63, 3.8) is 0 Å². The van der Waals surface area contributed by atoms with Crippen molar-refractivity contribution in [2.75, 3.05) is 13.2 Å². The summed E-state index contributed by atoms with van der Waals surface area (Å²) in [7, 11) is 0. The third-order valence-corrected chi connectivity index (χ3v) is 4.52. The molecule has 21 heavy (non-hydrogen) atoms. The van der Waals surface area contributed by atoms with Crippen LogP contribution in [0.15, 0.2) is 47.8 Å². The molecule has 1 heterocycles. The van der Waals surface area contributed by atoms with E-state index in [1.807, 2.05) is 11.3 Å². The maximum atomic E-state index is 6.05. The molecule has 1 N–H and O–H groups in total. The first kappa shape index (κ1) is 16.2. The molecule has 0 bridgehead atoms. The lowest BCUT2D eigenvalue weighted by atomic mass is 9.97. The minimum atomic E-state index is 0.121. The van der Waals surface area contributed by atoms with Crippen LogP contribution in [0, 0.1) is 0 Å². The third kappa shape index (κ3) is 4.95. The van der Waals surface area contributed by atoms with Gasteiger partial charge in [0.25, 0.3) is 0 Å². The summed E-state index contributed by atoms with van der Waals surface area (Å²) < 4.78 is 6.05. The SMILES string of the molecule is CCNC(CCc1cccs1)C(OCC)c1ccccc1. The number of benzene rings is 1. The second-order valence-electron chi connectivity index (χ2n) is 5.07. The Bertz CT molecular complexity index is 483. The second-order valence-corrected chi connectivity index (χ2v) is 6.10. The number of likely N-dealkylation sites (N-methyl/N-ethyl adjacent to an activating group) is 1. The summed E-state index contributed by atoms with van der Waals surface area (Å²) in [5.74, 6) is 0. The lowest BCUT2D eigenvalue weighted by molar-refractivity contribution is 0.0314. The average molecular weight is 303 g/mol. The van der Waals surface area contributed by atoms with Crippen molar-refractivity contribution in [2.45, 2.75) is 38.8 Å². The van der Waals surface area contributed by atoms with Gasteiger partial charge in [-0.15, -0.1) is 11.3 Å². The summed E-state index contributed by atoms with van der Waals surface area (Å²) >= 11 is 1.84. The molecule has 0 saturated heterocycles. The summed E-state index contributed by atoms with van der Waals surface area (Å²) in [6.45, 7) is 5.93. The molecule has 0 aliphatic rings. The van der Waals surface area contributed by atoms with E-state index in [9.17, 15) is 0 Å². The molecular weight excluding hydrogens is 278 g/mol. The molecule has 2 atom stereocenters. The van der Waals surface area contributed by atoms with Crippen LogP contribution in [-0.4, -0.2) is 19.2 Å². The lowest BCUT2D eigenvalue weighted by Gasteiger charge is -2.28. The lowest BCUT2D eigenvalue weighted by Crippen LogP contribution is -2.36. The van der Waals surface area contributed by atoms with Gasteiger partial charge in [-0.25, -0.2) is 0 Å². The monoisotopic (exact) mass is 303 g/mol. The van der Waals surface area contributed by atoms with Gasteiger partial charge in [-0.05, 0) is 43.3 Å². The first-order chi connectivity index (χ1) is 10.3. The molecule has 0 aliphatic heterocycles. The van der Waals surface area contributed by atoms with Crippen molar-refractivity contribution in [3.8, 4) is 0 Å². The molecule has 1 aromatic carbocycles. The molecule has 0 spiro atoms. The van der Waals surface area contributed by atoms with Crippen LogP contribution in [0.3, 0.4) is 0 Å². The molecule has 0 amide bonds. The van der Waals surface area contributed by atoms with Crippen LogP contribution in [-0.2, 0) is 11.2 Å². The Morgan fingerprint density at radius 1 is 1.10 bits per heavy atom. The fourth-order valence-corrected chi connectivity index (χ4v) is 3.37. The van der Waals surface area contributed by atoms with Crippen LogP contribution in [0.25, 0.3) is 0 Å². The van der Waals surface area contributed by atoms with Crippen molar-refractivity contribution in [2.24, 2.45) is 0 Å². The Kier molecular flexibility index (Phi) is 6.93. The normalized spacial score (nSPS) is 14.0. The van der Waals surface area contributed by atoms with E-state index < -0.39 is 0 Å². The van der Waals surface area contributed by atoms with Crippen LogP contribution in [0.1, 0.15) is 36.8 Å². The van der Waals surface area contributed by atoms with Crippen LogP contribution in [0.2, 0.25) is 0 Å². The average Bonchev–Trinajstić information content (AvgIpc) is 3.04. The van der Waals surface area contributed by atoms with Crippen LogP contribution in [0.4, 0.5) is 0 Å². The standard InChI is InChI=1S/C18H25NOS/c1-3-19-17(13-12-16-11-8-14-21-16)18(20-4-2)15-9-6-5-7-10-15/h5-11,14,17-19H,3-4,12-13H2,1-2H3. The molecule has 2 rings (SSSR count). The highest BCUT2D eigenvalue weighted by atomic mass is 32.1. The van der Waals surface area contributed by atoms with E-state index in [1.165, 1.54) is 10.4 Å². The van der Waals surface area contributed by atoms with Gasteiger partial charge in [0, 0.05) is 17.5 Å². The van der Waals surface area contributed by atoms with E-state index in [1.54, 1.807) is 0 Å². The number of ether oxygens (including phenoxy) is 1. The van der Waals surface area contributed by atoms with Gasteiger partial charge in [-0.2, -0.15) is 0 Å². The minimum Gasteiger partial charge on any atom is -0.372 e. The molecule has 114 valence electrons. The third-order valence-electron chi connectivity index (χ3n) is 3.59. The molecule has 0 fully saturated rings. The molecule has 2 aromatic rings. The van der Waals surface area contributed by atoms with Gasteiger partial charge in [0.05, 0.1) is 6.10 Å². The van der Waals surface area contributed by atoms with E-state index in [-0.39, 0.29) is 6.10 Å². The maximum Gasteiger partial charge on any atom is 0.0977 e. The number of hydrogen-bond donors (Lipinski definition) is 1. The number of nitrogens with one attached hydrogen (secondary N) is 1. The van der Waals surface area contributed by atoms with Crippen molar-refractivity contribution >= 4 is 11.3 Å². The predicted molar refractivity (Wildman–Crippen MR) is 90.9 cm³/mol. The topological polar surface area (TPSA) is 21.3 Å². The van der Waals surface area contributed by atoms with Crippen molar-refractivity contribution < 1.29 is 4.74 Å². The molecule has 0 aliphatic carbocycles. The van der Waals surface area contributed by atoms with E-state index >= 15 is 0 Å². The molecule has 0 radical (unpaired) electrons. The van der Waals surface area contributed by atoms with Gasteiger partial charge in [-0.3, -0.25) is 0 Å². The first-order valence-corrected chi connectivity index (χ1v) is 8.65. The summed E-state index contributed by atoms with van der Waals surface area (Å²) in [6, 6.07) is 15.2. The van der Waals surface area contributed by atoms with Crippen molar-refractivity contribution in [3.05, 3.63) is 58.3 Å². The Hall–Kier alpha value is -1.16. The van der Waals surface area contributed by atoms with E-state index in [0.717, 1.165) is 26.0 Å². The van der Waals surface area contributed by atoms with Crippen LogP contribution >= 0.6 is 11.3 Å².